The van der Waals surface area contributed by atoms with E-state index < -0.39 is 42.0 Å². The molecular formula is C22H20FNO5. The molecule has 0 aromatic heterocycles. The van der Waals surface area contributed by atoms with E-state index in [1.165, 1.54) is 24.3 Å². The molecule has 2 amide bonds. The molecule has 0 fully saturated rings. The summed E-state index contributed by atoms with van der Waals surface area (Å²) in [5.41, 5.74) is 0.670. The standard InChI is InChI=1S/C22H20FNO5/c1-13(2)11-18(24-20(26)16-5-3-4-6-17(16)21(24)27)22(28)29-12-19(25)14-7-9-15(23)10-8-14/h3-10,13,18H,11-12H2,1-2H3. The number of carbonyl (C=O) groups excluding carboxylic acids is 4. The summed E-state index contributed by atoms with van der Waals surface area (Å²) in [6.07, 6.45) is 0.203. The largest absolute Gasteiger partial charge is 0.456 e. The van der Waals surface area contributed by atoms with Crippen molar-refractivity contribution >= 4 is 23.6 Å². The summed E-state index contributed by atoms with van der Waals surface area (Å²) in [6.45, 7) is 3.13. The molecule has 1 heterocycles. The minimum atomic E-state index is -1.14. The first-order valence-electron chi connectivity index (χ1n) is 9.22. The van der Waals surface area contributed by atoms with E-state index in [4.69, 9.17) is 4.74 Å². The fourth-order valence-corrected chi connectivity index (χ4v) is 3.20. The number of esters is 1. The van der Waals surface area contributed by atoms with Gasteiger partial charge in [0.05, 0.1) is 11.1 Å². The van der Waals surface area contributed by atoms with Crippen LogP contribution in [0.5, 0.6) is 0 Å². The monoisotopic (exact) mass is 397 g/mol. The molecule has 3 rings (SSSR count). The molecule has 0 aliphatic carbocycles. The first-order valence-corrected chi connectivity index (χ1v) is 9.22. The summed E-state index contributed by atoms with van der Waals surface area (Å²) in [4.78, 5) is 51.3. The lowest BCUT2D eigenvalue weighted by molar-refractivity contribution is -0.147. The van der Waals surface area contributed by atoms with E-state index in [1.54, 1.807) is 12.1 Å². The van der Waals surface area contributed by atoms with Gasteiger partial charge in [0.2, 0.25) is 0 Å². The molecule has 0 saturated heterocycles. The van der Waals surface area contributed by atoms with Crippen molar-refractivity contribution in [3.05, 3.63) is 71.0 Å². The number of Topliss-reactive ketones (excluding diaryl/α,β-unsaturated/α-hetero) is 1. The lowest BCUT2D eigenvalue weighted by Crippen LogP contribution is -2.46. The summed E-state index contributed by atoms with van der Waals surface area (Å²) in [6, 6.07) is 10.1. The third-order valence-electron chi connectivity index (χ3n) is 4.62. The second-order valence-corrected chi connectivity index (χ2v) is 7.21. The second-order valence-electron chi connectivity index (χ2n) is 7.21. The average molecular weight is 397 g/mol. The molecule has 1 unspecified atom stereocenters. The fourth-order valence-electron chi connectivity index (χ4n) is 3.20. The van der Waals surface area contributed by atoms with Gasteiger partial charge in [-0.25, -0.2) is 9.18 Å². The zero-order chi connectivity index (χ0) is 21.1. The van der Waals surface area contributed by atoms with Crippen LogP contribution < -0.4 is 0 Å². The Morgan fingerprint density at radius 2 is 1.52 bits per heavy atom. The number of imide groups is 1. The van der Waals surface area contributed by atoms with Gasteiger partial charge >= 0.3 is 5.97 Å². The average Bonchev–Trinajstić information content (AvgIpc) is 2.95. The van der Waals surface area contributed by atoms with Gasteiger partial charge in [0.1, 0.15) is 11.9 Å². The van der Waals surface area contributed by atoms with Crippen LogP contribution in [-0.2, 0) is 9.53 Å². The molecule has 1 aliphatic heterocycles. The molecular weight excluding hydrogens is 377 g/mol. The molecule has 7 heteroatoms. The molecule has 0 N–H and O–H groups in total. The van der Waals surface area contributed by atoms with Gasteiger partial charge in [-0.15, -0.1) is 0 Å². The van der Waals surface area contributed by atoms with E-state index in [2.05, 4.69) is 0 Å². The molecule has 1 atom stereocenters. The van der Waals surface area contributed by atoms with Crippen molar-refractivity contribution in [1.82, 2.24) is 4.90 Å². The van der Waals surface area contributed by atoms with Crippen LogP contribution >= 0.6 is 0 Å². The van der Waals surface area contributed by atoms with Crippen molar-refractivity contribution in [3.63, 3.8) is 0 Å². The van der Waals surface area contributed by atoms with Crippen LogP contribution in [0, 0.1) is 11.7 Å². The third kappa shape index (κ3) is 4.23. The van der Waals surface area contributed by atoms with Crippen LogP contribution in [0.4, 0.5) is 4.39 Å². The molecule has 150 valence electrons. The first-order chi connectivity index (χ1) is 13.8. The highest BCUT2D eigenvalue weighted by Gasteiger charge is 2.43. The van der Waals surface area contributed by atoms with Crippen molar-refractivity contribution < 1.29 is 28.3 Å². The number of hydrogen-bond donors (Lipinski definition) is 0. The Labute approximate surface area is 167 Å². The molecule has 2 aromatic carbocycles. The van der Waals surface area contributed by atoms with E-state index >= 15 is 0 Å². The number of amides is 2. The quantitative estimate of drug-likeness (QED) is 0.407. The van der Waals surface area contributed by atoms with E-state index in [1.807, 2.05) is 13.8 Å². The zero-order valence-electron chi connectivity index (χ0n) is 16.1. The molecule has 0 radical (unpaired) electrons. The van der Waals surface area contributed by atoms with Crippen LogP contribution in [0.3, 0.4) is 0 Å². The van der Waals surface area contributed by atoms with Crippen LogP contribution in [0.1, 0.15) is 51.3 Å². The molecule has 0 bridgehead atoms. The highest BCUT2D eigenvalue weighted by Crippen LogP contribution is 2.27. The highest BCUT2D eigenvalue weighted by atomic mass is 19.1. The number of carbonyl (C=O) groups is 4. The Kier molecular flexibility index (Phi) is 5.87. The van der Waals surface area contributed by atoms with Gasteiger partial charge in [-0.1, -0.05) is 26.0 Å². The predicted octanol–water partition coefficient (Wildman–Crippen LogP) is 3.26. The normalized spacial score (nSPS) is 14.1. The number of nitrogens with zero attached hydrogens (tertiary/aromatic N) is 1. The Morgan fingerprint density at radius 1 is 0.966 bits per heavy atom. The summed E-state index contributed by atoms with van der Waals surface area (Å²) in [5.74, 6) is -2.95. The van der Waals surface area contributed by atoms with Gasteiger partial charge in [-0.2, -0.15) is 0 Å². The van der Waals surface area contributed by atoms with Crippen molar-refractivity contribution in [2.24, 2.45) is 5.92 Å². The van der Waals surface area contributed by atoms with Gasteiger partial charge in [0.25, 0.3) is 11.8 Å². The van der Waals surface area contributed by atoms with Gasteiger partial charge in [0.15, 0.2) is 12.4 Å². The SMILES string of the molecule is CC(C)CC(C(=O)OCC(=O)c1ccc(F)cc1)N1C(=O)c2ccccc2C1=O. The Balaban J connectivity index is 1.76. The fraction of sp³-hybridized carbons (Fsp3) is 0.273. The maximum atomic E-state index is 13.0. The molecule has 0 saturated carbocycles. The van der Waals surface area contributed by atoms with Crippen LogP contribution in [0.15, 0.2) is 48.5 Å². The van der Waals surface area contributed by atoms with Crippen LogP contribution in [0.2, 0.25) is 0 Å². The summed E-state index contributed by atoms with van der Waals surface area (Å²) in [7, 11) is 0. The number of rotatable bonds is 7. The smallest absolute Gasteiger partial charge is 0.329 e. The van der Waals surface area contributed by atoms with Gasteiger partial charge in [-0.05, 0) is 48.7 Å². The summed E-state index contributed by atoms with van der Waals surface area (Å²) >= 11 is 0. The summed E-state index contributed by atoms with van der Waals surface area (Å²) in [5, 5.41) is 0. The van der Waals surface area contributed by atoms with Gasteiger partial charge in [0, 0.05) is 5.56 Å². The Morgan fingerprint density at radius 3 is 2.03 bits per heavy atom. The minimum absolute atomic E-state index is 0.00957. The highest BCUT2D eigenvalue weighted by molar-refractivity contribution is 6.22. The van der Waals surface area contributed by atoms with Crippen LogP contribution in [0.25, 0.3) is 0 Å². The number of hydrogen-bond acceptors (Lipinski definition) is 5. The number of fused-ring (bicyclic) bond motifs is 1. The number of halogens is 1. The molecule has 1 aliphatic rings. The van der Waals surface area contributed by atoms with Gasteiger partial charge in [-0.3, -0.25) is 19.3 Å². The maximum absolute atomic E-state index is 13.0. The van der Waals surface area contributed by atoms with E-state index in [0.29, 0.717) is 0 Å². The lowest BCUT2D eigenvalue weighted by atomic mass is 10.0. The number of benzene rings is 2. The molecule has 2 aromatic rings. The number of ketones is 1. The number of ether oxygens (including phenoxy) is 1. The Bertz CT molecular complexity index is 932. The summed E-state index contributed by atoms with van der Waals surface area (Å²) < 4.78 is 18.1. The molecule has 6 nitrogen and oxygen atoms in total. The van der Waals surface area contributed by atoms with Crippen molar-refractivity contribution in [3.8, 4) is 0 Å². The van der Waals surface area contributed by atoms with Crippen molar-refractivity contribution in [1.29, 1.82) is 0 Å². The lowest BCUT2D eigenvalue weighted by Gasteiger charge is -2.25. The molecule has 0 spiro atoms. The van der Waals surface area contributed by atoms with Crippen molar-refractivity contribution in [2.45, 2.75) is 26.3 Å². The second kappa shape index (κ2) is 8.34. The minimum Gasteiger partial charge on any atom is -0.456 e. The van der Waals surface area contributed by atoms with E-state index in [9.17, 15) is 23.6 Å². The van der Waals surface area contributed by atoms with E-state index in [0.717, 1.165) is 17.0 Å². The maximum Gasteiger partial charge on any atom is 0.329 e. The van der Waals surface area contributed by atoms with Gasteiger partial charge < -0.3 is 4.74 Å². The van der Waals surface area contributed by atoms with Crippen LogP contribution in [-0.4, -0.2) is 41.1 Å². The first kappa shape index (κ1) is 20.4. The Hall–Kier alpha value is -3.35. The zero-order valence-corrected chi connectivity index (χ0v) is 16.1. The molecule has 29 heavy (non-hydrogen) atoms. The third-order valence-corrected chi connectivity index (χ3v) is 4.62. The predicted molar refractivity (Wildman–Crippen MR) is 102 cm³/mol. The van der Waals surface area contributed by atoms with E-state index in [-0.39, 0.29) is 29.0 Å². The topological polar surface area (TPSA) is 80.8 Å². The van der Waals surface area contributed by atoms with Crippen molar-refractivity contribution in [2.75, 3.05) is 6.61 Å².